The van der Waals surface area contributed by atoms with Gasteiger partial charge >= 0.3 is 0 Å². The molecule has 108 valence electrons. The summed E-state index contributed by atoms with van der Waals surface area (Å²) in [5, 5.41) is 23.2. The number of nitro groups is 1. The summed E-state index contributed by atoms with van der Waals surface area (Å²) in [5.41, 5.74) is 0.225. The van der Waals surface area contributed by atoms with Crippen LogP contribution in [-0.2, 0) is 0 Å². The van der Waals surface area contributed by atoms with Crippen LogP contribution in [0.2, 0.25) is 5.02 Å². The maximum atomic E-state index is 12.2. The maximum absolute atomic E-state index is 12.2. The van der Waals surface area contributed by atoms with Crippen molar-refractivity contribution in [3.63, 3.8) is 0 Å². The second kappa shape index (κ2) is 5.80. The summed E-state index contributed by atoms with van der Waals surface area (Å²) in [6.45, 7) is 1.74. The molecule has 6 nitrogen and oxygen atoms in total. The Labute approximate surface area is 125 Å². The highest BCUT2D eigenvalue weighted by molar-refractivity contribution is 6.35. The number of nitro benzene ring substituents is 1. The van der Waals surface area contributed by atoms with Crippen LogP contribution in [0.4, 0.5) is 11.4 Å². The number of aromatic hydroxyl groups is 1. The van der Waals surface area contributed by atoms with Crippen LogP contribution >= 0.6 is 11.6 Å². The summed E-state index contributed by atoms with van der Waals surface area (Å²) in [7, 11) is 0. The largest absolute Gasteiger partial charge is 0.505 e. The van der Waals surface area contributed by atoms with Crippen molar-refractivity contribution in [3.05, 3.63) is 62.7 Å². The number of nitrogens with one attached hydrogen (secondary N) is 1. The molecule has 0 aliphatic heterocycles. The molecule has 0 saturated carbocycles. The Kier molecular flexibility index (Phi) is 4.09. The van der Waals surface area contributed by atoms with Gasteiger partial charge in [-0.1, -0.05) is 29.8 Å². The van der Waals surface area contributed by atoms with Crippen molar-refractivity contribution in [3.8, 4) is 5.75 Å². The molecule has 0 heterocycles. The molecule has 2 rings (SSSR count). The van der Waals surface area contributed by atoms with Gasteiger partial charge in [0.15, 0.2) is 5.69 Å². The minimum Gasteiger partial charge on any atom is -0.505 e. The van der Waals surface area contributed by atoms with Crippen LogP contribution in [0.1, 0.15) is 15.9 Å². The topological polar surface area (TPSA) is 92.5 Å². The Balaban J connectivity index is 2.41. The number of nitrogens with zero attached hydrogens (tertiary/aromatic N) is 1. The molecule has 1 amide bonds. The first kappa shape index (κ1) is 14.8. The summed E-state index contributed by atoms with van der Waals surface area (Å²) in [5.74, 6) is -1.02. The average Bonchev–Trinajstić information content (AvgIpc) is 2.43. The van der Waals surface area contributed by atoms with Crippen molar-refractivity contribution in [2.45, 2.75) is 6.92 Å². The number of benzene rings is 2. The van der Waals surface area contributed by atoms with Crippen LogP contribution in [0.25, 0.3) is 0 Å². The van der Waals surface area contributed by atoms with E-state index in [-0.39, 0.29) is 22.0 Å². The highest BCUT2D eigenvalue weighted by Crippen LogP contribution is 2.34. The van der Waals surface area contributed by atoms with Gasteiger partial charge in [-0.05, 0) is 24.6 Å². The molecular formula is C14H11ClN2O4. The van der Waals surface area contributed by atoms with Gasteiger partial charge in [-0.3, -0.25) is 14.9 Å². The zero-order valence-corrected chi connectivity index (χ0v) is 11.7. The molecule has 0 fully saturated rings. The molecule has 0 aliphatic carbocycles. The quantitative estimate of drug-likeness (QED) is 0.515. The Morgan fingerprint density at radius 3 is 2.62 bits per heavy atom. The number of halogens is 1. The minimum atomic E-state index is -0.687. The number of phenolic OH excluding ortho intramolecular Hbond substituents is 1. The number of anilines is 1. The monoisotopic (exact) mass is 306 g/mol. The summed E-state index contributed by atoms with van der Waals surface area (Å²) in [6, 6.07) is 8.64. The van der Waals surface area contributed by atoms with E-state index in [1.165, 1.54) is 24.3 Å². The van der Waals surface area contributed by atoms with E-state index in [9.17, 15) is 20.0 Å². The summed E-state index contributed by atoms with van der Waals surface area (Å²) in [6.07, 6.45) is 0. The van der Waals surface area contributed by atoms with Crippen LogP contribution in [0.15, 0.2) is 36.4 Å². The van der Waals surface area contributed by atoms with Gasteiger partial charge in [-0.25, -0.2) is 0 Å². The van der Waals surface area contributed by atoms with E-state index in [0.29, 0.717) is 5.56 Å². The van der Waals surface area contributed by atoms with Crippen LogP contribution < -0.4 is 5.32 Å². The third kappa shape index (κ3) is 2.95. The first-order chi connectivity index (χ1) is 9.91. The summed E-state index contributed by atoms with van der Waals surface area (Å²) in [4.78, 5) is 22.4. The Morgan fingerprint density at radius 2 is 1.95 bits per heavy atom. The van der Waals surface area contributed by atoms with E-state index >= 15 is 0 Å². The van der Waals surface area contributed by atoms with E-state index < -0.39 is 16.5 Å². The number of carbonyl (C=O) groups is 1. The van der Waals surface area contributed by atoms with Crippen LogP contribution in [0.3, 0.4) is 0 Å². The average molecular weight is 307 g/mol. The number of aryl methyl sites for hydroxylation is 1. The van der Waals surface area contributed by atoms with Gasteiger partial charge in [-0.15, -0.1) is 0 Å². The van der Waals surface area contributed by atoms with Crippen molar-refractivity contribution in [2.24, 2.45) is 0 Å². The summed E-state index contributed by atoms with van der Waals surface area (Å²) >= 11 is 6.04. The number of para-hydroxylation sites is 1. The minimum absolute atomic E-state index is 0.175. The number of amides is 1. The van der Waals surface area contributed by atoms with Crippen molar-refractivity contribution < 1.29 is 14.8 Å². The molecule has 0 radical (unpaired) electrons. The predicted molar refractivity (Wildman–Crippen MR) is 78.9 cm³/mol. The molecule has 2 aromatic rings. The lowest BCUT2D eigenvalue weighted by atomic mass is 10.1. The van der Waals surface area contributed by atoms with E-state index in [2.05, 4.69) is 5.32 Å². The molecular weight excluding hydrogens is 296 g/mol. The lowest BCUT2D eigenvalue weighted by Crippen LogP contribution is -2.14. The van der Waals surface area contributed by atoms with E-state index in [1.807, 2.05) is 0 Å². The molecule has 7 heteroatoms. The van der Waals surface area contributed by atoms with E-state index in [1.54, 1.807) is 19.1 Å². The van der Waals surface area contributed by atoms with Crippen LogP contribution in [0, 0.1) is 17.0 Å². The molecule has 0 aliphatic rings. The highest BCUT2D eigenvalue weighted by Gasteiger charge is 2.21. The Hall–Kier alpha value is -2.60. The third-order valence-electron chi connectivity index (χ3n) is 2.89. The number of rotatable bonds is 3. The lowest BCUT2D eigenvalue weighted by Gasteiger charge is -2.09. The molecule has 21 heavy (non-hydrogen) atoms. The fourth-order valence-electron chi connectivity index (χ4n) is 1.81. The van der Waals surface area contributed by atoms with Gasteiger partial charge < -0.3 is 10.4 Å². The fourth-order valence-corrected chi connectivity index (χ4v) is 2.02. The number of hydrogen-bond donors (Lipinski definition) is 2. The second-order valence-electron chi connectivity index (χ2n) is 4.32. The molecule has 2 aromatic carbocycles. The molecule has 0 bridgehead atoms. The molecule has 0 atom stereocenters. The lowest BCUT2D eigenvalue weighted by molar-refractivity contribution is -0.384. The molecule has 0 saturated heterocycles. The third-order valence-corrected chi connectivity index (χ3v) is 3.39. The predicted octanol–water partition coefficient (Wildman–Crippen LogP) is 3.51. The van der Waals surface area contributed by atoms with Crippen LogP contribution in [0.5, 0.6) is 5.75 Å². The number of phenols is 1. The fraction of sp³-hybridized carbons (Fsp3) is 0.0714. The number of carbonyl (C=O) groups excluding carboxylic acids is 1. The van der Waals surface area contributed by atoms with Crippen molar-refractivity contribution >= 4 is 28.9 Å². The molecule has 2 N–H and O–H groups in total. The standard InChI is InChI=1S/C14H11ClN2O4/c1-8-4-2-5-9(12(8)15)14(19)16-13-10(17(20)21)6-3-7-11(13)18/h2-7,18H,1H3,(H,16,19). The molecule has 0 spiro atoms. The second-order valence-corrected chi connectivity index (χ2v) is 4.70. The first-order valence-electron chi connectivity index (χ1n) is 5.94. The zero-order chi connectivity index (χ0) is 15.6. The molecule has 0 unspecified atom stereocenters. The van der Waals surface area contributed by atoms with E-state index in [0.717, 1.165) is 0 Å². The zero-order valence-electron chi connectivity index (χ0n) is 11.0. The van der Waals surface area contributed by atoms with Crippen molar-refractivity contribution in [1.82, 2.24) is 0 Å². The summed E-state index contributed by atoms with van der Waals surface area (Å²) < 4.78 is 0. The van der Waals surface area contributed by atoms with Crippen LogP contribution in [-0.4, -0.2) is 15.9 Å². The van der Waals surface area contributed by atoms with Gasteiger partial charge in [0.25, 0.3) is 11.6 Å². The number of hydrogen-bond acceptors (Lipinski definition) is 4. The highest BCUT2D eigenvalue weighted by atomic mass is 35.5. The van der Waals surface area contributed by atoms with E-state index in [4.69, 9.17) is 11.6 Å². The normalized spacial score (nSPS) is 10.2. The maximum Gasteiger partial charge on any atom is 0.296 e. The smallest absolute Gasteiger partial charge is 0.296 e. The molecule has 0 aromatic heterocycles. The van der Waals surface area contributed by atoms with Crippen molar-refractivity contribution in [2.75, 3.05) is 5.32 Å². The van der Waals surface area contributed by atoms with Crippen molar-refractivity contribution in [1.29, 1.82) is 0 Å². The van der Waals surface area contributed by atoms with Gasteiger partial charge in [0.05, 0.1) is 15.5 Å². The van der Waals surface area contributed by atoms with Gasteiger partial charge in [0.2, 0.25) is 0 Å². The first-order valence-corrected chi connectivity index (χ1v) is 6.32. The Bertz CT molecular complexity index is 731. The van der Waals surface area contributed by atoms with Gasteiger partial charge in [0.1, 0.15) is 5.75 Å². The SMILES string of the molecule is Cc1cccc(C(=O)Nc2c(O)cccc2[N+](=O)[O-])c1Cl. The van der Waals surface area contributed by atoms with Gasteiger partial charge in [-0.2, -0.15) is 0 Å². The van der Waals surface area contributed by atoms with Gasteiger partial charge in [0, 0.05) is 6.07 Å². The Morgan fingerprint density at radius 1 is 1.29 bits per heavy atom.